The van der Waals surface area contributed by atoms with Crippen molar-refractivity contribution in [3.05, 3.63) is 35.6 Å². The summed E-state index contributed by atoms with van der Waals surface area (Å²) in [6.07, 6.45) is 3.00. The molecule has 2 rings (SSSR count). The lowest BCUT2D eigenvalue weighted by Crippen LogP contribution is -2.40. The third-order valence-electron chi connectivity index (χ3n) is 3.84. The molecule has 1 aromatic rings. The Bertz CT molecular complexity index is 530. The maximum absolute atomic E-state index is 13.4. The van der Waals surface area contributed by atoms with Crippen LogP contribution in [0.1, 0.15) is 38.2 Å². The van der Waals surface area contributed by atoms with Gasteiger partial charge in [-0.2, -0.15) is 0 Å². The van der Waals surface area contributed by atoms with Gasteiger partial charge in [-0.1, -0.05) is 31.0 Å². The van der Waals surface area contributed by atoms with Gasteiger partial charge in [0.1, 0.15) is 5.82 Å². The van der Waals surface area contributed by atoms with E-state index in [9.17, 15) is 14.0 Å². The Hall–Kier alpha value is -1.95. The molecule has 0 radical (unpaired) electrons. The van der Waals surface area contributed by atoms with Crippen molar-refractivity contribution < 1.29 is 18.8 Å². The molecular formula is C16H21FN2O3. The number of amides is 2. The second-order valence-corrected chi connectivity index (χ2v) is 5.52. The number of carbonyl (C=O) groups is 2. The minimum atomic E-state index is -0.836. The van der Waals surface area contributed by atoms with E-state index in [-0.39, 0.29) is 24.2 Å². The summed E-state index contributed by atoms with van der Waals surface area (Å²) in [7, 11) is 0. The molecule has 6 heteroatoms. The summed E-state index contributed by atoms with van der Waals surface area (Å²) >= 11 is 0. The Balaban J connectivity index is 1.72. The first-order valence-corrected chi connectivity index (χ1v) is 7.54. The Morgan fingerprint density at radius 2 is 2.00 bits per heavy atom. The summed E-state index contributed by atoms with van der Waals surface area (Å²) in [6, 6.07) is 6.23. The average Bonchev–Trinajstić information content (AvgIpc) is 3.05. The molecule has 1 aromatic carbocycles. The van der Waals surface area contributed by atoms with Gasteiger partial charge in [0, 0.05) is 18.0 Å². The van der Waals surface area contributed by atoms with E-state index < -0.39 is 12.0 Å². The maximum atomic E-state index is 13.4. The van der Waals surface area contributed by atoms with Crippen molar-refractivity contribution in [2.24, 2.45) is 5.92 Å². The first-order valence-electron chi connectivity index (χ1n) is 7.54. The van der Waals surface area contributed by atoms with Crippen molar-refractivity contribution in [1.82, 2.24) is 10.8 Å². The number of hydroxylamine groups is 1. The second-order valence-electron chi connectivity index (χ2n) is 5.52. The molecule has 120 valence electrons. The van der Waals surface area contributed by atoms with Crippen LogP contribution in [0.25, 0.3) is 0 Å². The first kappa shape index (κ1) is 16.4. The standard InChI is InChI=1S/C16H21FN2O3/c1-11(22-19-16(21)12-6-2-3-7-12)15(20)18-10-13-8-4-5-9-14(13)17/h4-5,8-9,11-12H,2-3,6-7,10H2,1H3,(H,18,20)(H,19,21)/t11-/m1/s1. The van der Waals surface area contributed by atoms with Gasteiger partial charge in [-0.25, -0.2) is 9.87 Å². The van der Waals surface area contributed by atoms with E-state index in [4.69, 9.17) is 4.84 Å². The molecule has 1 fully saturated rings. The Labute approximate surface area is 129 Å². The summed E-state index contributed by atoms with van der Waals surface area (Å²) in [6.45, 7) is 1.61. The topological polar surface area (TPSA) is 67.4 Å². The van der Waals surface area contributed by atoms with Crippen LogP contribution in [-0.2, 0) is 21.0 Å². The third-order valence-corrected chi connectivity index (χ3v) is 3.84. The summed E-state index contributed by atoms with van der Waals surface area (Å²) in [5.41, 5.74) is 2.74. The summed E-state index contributed by atoms with van der Waals surface area (Å²) in [5, 5.41) is 2.58. The number of hydrogen-bond donors (Lipinski definition) is 2. The molecule has 0 unspecified atom stereocenters. The highest BCUT2D eigenvalue weighted by Crippen LogP contribution is 2.24. The minimum Gasteiger partial charge on any atom is -0.350 e. The highest BCUT2D eigenvalue weighted by Gasteiger charge is 2.24. The minimum absolute atomic E-state index is 0.0197. The van der Waals surface area contributed by atoms with Gasteiger partial charge in [-0.15, -0.1) is 0 Å². The molecule has 0 aliphatic heterocycles. The zero-order valence-electron chi connectivity index (χ0n) is 12.6. The normalized spacial score (nSPS) is 16.3. The zero-order valence-corrected chi connectivity index (χ0v) is 12.6. The molecule has 0 aromatic heterocycles. The fraction of sp³-hybridized carbons (Fsp3) is 0.500. The van der Waals surface area contributed by atoms with Crippen molar-refractivity contribution in [2.45, 2.75) is 45.3 Å². The van der Waals surface area contributed by atoms with E-state index in [0.29, 0.717) is 5.56 Å². The van der Waals surface area contributed by atoms with Crippen molar-refractivity contribution in [1.29, 1.82) is 0 Å². The molecule has 2 N–H and O–H groups in total. The predicted molar refractivity (Wildman–Crippen MR) is 78.9 cm³/mol. The Morgan fingerprint density at radius 3 is 2.68 bits per heavy atom. The van der Waals surface area contributed by atoms with Crippen molar-refractivity contribution in [3.63, 3.8) is 0 Å². The molecule has 1 atom stereocenters. The van der Waals surface area contributed by atoms with Gasteiger partial charge in [0.15, 0.2) is 6.10 Å². The van der Waals surface area contributed by atoms with E-state index in [1.807, 2.05) is 0 Å². The predicted octanol–water partition coefficient (Wildman–Crippen LogP) is 2.07. The van der Waals surface area contributed by atoms with Gasteiger partial charge in [-0.05, 0) is 25.8 Å². The fourth-order valence-corrected chi connectivity index (χ4v) is 2.44. The van der Waals surface area contributed by atoms with Gasteiger partial charge in [0.05, 0.1) is 0 Å². The van der Waals surface area contributed by atoms with Crippen molar-refractivity contribution >= 4 is 11.8 Å². The van der Waals surface area contributed by atoms with Crippen LogP contribution in [0, 0.1) is 11.7 Å². The molecule has 0 bridgehead atoms. The zero-order chi connectivity index (χ0) is 15.9. The third kappa shape index (κ3) is 4.53. The number of hydrogen-bond acceptors (Lipinski definition) is 3. The van der Waals surface area contributed by atoms with E-state index in [0.717, 1.165) is 25.7 Å². The largest absolute Gasteiger partial charge is 0.350 e. The number of nitrogens with one attached hydrogen (secondary N) is 2. The van der Waals surface area contributed by atoms with Crippen LogP contribution in [0.5, 0.6) is 0 Å². The highest BCUT2D eigenvalue weighted by molar-refractivity contribution is 5.81. The maximum Gasteiger partial charge on any atom is 0.251 e. The SMILES string of the molecule is C[C@@H](ONC(=O)C1CCCC1)C(=O)NCc1ccccc1F. The Morgan fingerprint density at radius 1 is 1.32 bits per heavy atom. The fourth-order valence-electron chi connectivity index (χ4n) is 2.44. The van der Waals surface area contributed by atoms with Crippen LogP contribution >= 0.6 is 0 Å². The van der Waals surface area contributed by atoms with Crippen LogP contribution < -0.4 is 10.8 Å². The molecule has 2 amide bonds. The van der Waals surface area contributed by atoms with E-state index in [2.05, 4.69) is 10.8 Å². The van der Waals surface area contributed by atoms with Crippen LogP contribution in [0.15, 0.2) is 24.3 Å². The summed E-state index contributed by atoms with van der Waals surface area (Å²) in [4.78, 5) is 28.7. The van der Waals surface area contributed by atoms with Crippen LogP contribution in [-0.4, -0.2) is 17.9 Å². The molecule has 0 heterocycles. The van der Waals surface area contributed by atoms with Gasteiger partial charge in [-0.3, -0.25) is 14.4 Å². The Kier molecular flexibility index (Phi) is 5.89. The molecular weight excluding hydrogens is 287 g/mol. The molecule has 0 saturated heterocycles. The lowest BCUT2D eigenvalue weighted by molar-refractivity contribution is -0.149. The van der Waals surface area contributed by atoms with Crippen LogP contribution in [0.4, 0.5) is 4.39 Å². The number of benzene rings is 1. The molecule has 1 saturated carbocycles. The molecule has 5 nitrogen and oxygen atoms in total. The average molecular weight is 308 g/mol. The summed E-state index contributed by atoms with van der Waals surface area (Å²) in [5.74, 6) is -0.971. The van der Waals surface area contributed by atoms with E-state index >= 15 is 0 Å². The lowest BCUT2D eigenvalue weighted by atomic mass is 10.1. The lowest BCUT2D eigenvalue weighted by Gasteiger charge is -2.15. The smallest absolute Gasteiger partial charge is 0.251 e. The van der Waals surface area contributed by atoms with E-state index in [1.165, 1.54) is 13.0 Å². The highest BCUT2D eigenvalue weighted by atomic mass is 19.1. The summed E-state index contributed by atoms with van der Waals surface area (Å²) < 4.78 is 13.4. The molecule has 1 aliphatic rings. The molecule has 0 spiro atoms. The van der Waals surface area contributed by atoms with Crippen LogP contribution in [0.3, 0.4) is 0 Å². The monoisotopic (exact) mass is 308 g/mol. The number of rotatable bonds is 6. The number of carbonyl (C=O) groups excluding carboxylic acids is 2. The van der Waals surface area contributed by atoms with Crippen molar-refractivity contribution in [2.75, 3.05) is 0 Å². The quantitative estimate of drug-likeness (QED) is 0.791. The van der Waals surface area contributed by atoms with Gasteiger partial charge in [0.25, 0.3) is 5.91 Å². The van der Waals surface area contributed by atoms with Crippen molar-refractivity contribution in [3.8, 4) is 0 Å². The first-order chi connectivity index (χ1) is 10.6. The second kappa shape index (κ2) is 7.89. The number of halogens is 1. The van der Waals surface area contributed by atoms with Gasteiger partial charge in [0.2, 0.25) is 5.91 Å². The van der Waals surface area contributed by atoms with Gasteiger partial charge >= 0.3 is 0 Å². The van der Waals surface area contributed by atoms with Crippen LogP contribution in [0.2, 0.25) is 0 Å². The molecule has 22 heavy (non-hydrogen) atoms. The molecule has 1 aliphatic carbocycles. The van der Waals surface area contributed by atoms with E-state index in [1.54, 1.807) is 18.2 Å². The van der Waals surface area contributed by atoms with Gasteiger partial charge < -0.3 is 5.32 Å².